The maximum atomic E-state index is 13.0. The van der Waals surface area contributed by atoms with Crippen LogP contribution in [0.3, 0.4) is 0 Å². The summed E-state index contributed by atoms with van der Waals surface area (Å²) < 4.78 is 18.3. The number of halogens is 2. The van der Waals surface area contributed by atoms with E-state index in [1.807, 2.05) is 7.05 Å². The second kappa shape index (κ2) is 5.47. The molecule has 1 fully saturated rings. The summed E-state index contributed by atoms with van der Waals surface area (Å²) in [7, 11) is 2.02. The molecular weight excluding hydrogens is 283 g/mol. The zero-order chi connectivity index (χ0) is 14.1. The average Bonchev–Trinajstić information content (AvgIpc) is 2.88. The summed E-state index contributed by atoms with van der Waals surface area (Å²) in [6.45, 7) is 2.64. The topological polar surface area (TPSA) is 54.2 Å². The van der Waals surface area contributed by atoms with Gasteiger partial charge >= 0.3 is 0 Å². The molecule has 3 rings (SSSR count). The van der Waals surface area contributed by atoms with Crippen LogP contribution in [-0.4, -0.2) is 41.7 Å². The largest absolute Gasteiger partial charge is 0.334 e. The maximum absolute atomic E-state index is 13.0. The van der Waals surface area contributed by atoms with Gasteiger partial charge in [0, 0.05) is 19.6 Å². The average molecular weight is 297 g/mol. The normalized spacial score (nSPS) is 20.2. The molecule has 0 bridgehead atoms. The lowest BCUT2D eigenvalue weighted by molar-refractivity contribution is 0.190. The predicted octanol–water partition coefficient (Wildman–Crippen LogP) is 2.11. The van der Waals surface area contributed by atoms with E-state index in [4.69, 9.17) is 16.1 Å². The fourth-order valence-corrected chi connectivity index (χ4v) is 2.48. The Hall–Kier alpha value is -1.50. The fraction of sp³-hybridized carbons (Fsp3) is 0.385. The van der Waals surface area contributed by atoms with Gasteiger partial charge in [-0.2, -0.15) is 4.98 Å². The van der Waals surface area contributed by atoms with E-state index >= 15 is 0 Å². The molecule has 1 aromatic heterocycles. The molecular formula is C13H14ClFN4O. The van der Waals surface area contributed by atoms with Crippen molar-refractivity contribution in [2.45, 2.75) is 6.04 Å². The number of aromatic nitrogens is 2. The van der Waals surface area contributed by atoms with Crippen molar-refractivity contribution in [3.05, 3.63) is 34.9 Å². The molecule has 1 saturated heterocycles. The lowest BCUT2D eigenvalue weighted by Gasteiger charge is -2.30. The predicted molar refractivity (Wildman–Crippen MR) is 72.9 cm³/mol. The van der Waals surface area contributed by atoms with Gasteiger partial charge in [0.25, 0.3) is 5.89 Å². The Balaban J connectivity index is 1.89. The van der Waals surface area contributed by atoms with Gasteiger partial charge in [0.05, 0.1) is 16.6 Å². The van der Waals surface area contributed by atoms with Crippen molar-refractivity contribution < 1.29 is 8.91 Å². The van der Waals surface area contributed by atoms with Crippen LogP contribution in [-0.2, 0) is 0 Å². The van der Waals surface area contributed by atoms with E-state index in [9.17, 15) is 4.39 Å². The van der Waals surface area contributed by atoms with E-state index in [1.54, 1.807) is 0 Å². The van der Waals surface area contributed by atoms with Crippen molar-refractivity contribution >= 4 is 11.6 Å². The first-order valence-corrected chi connectivity index (χ1v) is 6.73. The van der Waals surface area contributed by atoms with E-state index in [2.05, 4.69) is 20.4 Å². The van der Waals surface area contributed by atoms with Gasteiger partial charge in [-0.15, -0.1) is 0 Å². The molecule has 1 atom stereocenters. The van der Waals surface area contributed by atoms with Crippen LogP contribution in [0.15, 0.2) is 22.7 Å². The molecule has 0 saturated carbocycles. The second-order valence-corrected chi connectivity index (χ2v) is 5.19. The van der Waals surface area contributed by atoms with Gasteiger partial charge in [-0.25, -0.2) is 4.39 Å². The fourth-order valence-electron chi connectivity index (χ4n) is 2.24. The summed E-state index contributed by atoms with van der Waals surface area (Å²) in [5, 5.41) is 7.56. The first-order chi connectivity index (χ1) is 9.65. The third-order valence-electron chi connectivity index (χ3n) is 3.41. The van der Waals surface area contributed by atoms with E-state index in [0.29, 0.717) is 17.3 Å². The maximum Gasteiger partial charge on any atom is 0.259 e. The van der Waals surface area contributed by atoms with Gasteiger partial charge in [0.2, 0.25) is 0 Å². The monoisotopic (exact) mass is 296 g/mol. The molecule has 5 nitrogen and oxygen atoms in total. The minimum atomic E-state index is -0.394. The van der Waals surface area contributed by atoms with Crippen molar-refractivity contribution in [2.75, 3.05) is 26.7 Å². The molecule has 2 heterocycles. The quantitative estimate of drug-likeness (QED) is 0.920. The Bertz CT molecular complexity index is 618. The van der Waals surface area contributed by atoms with Crippen LogP contribution in [0.5, 0.6) is 0 Å². The van der Waals surface area contributed by atoms with E-state index in [0.717, 1.165) is 19.6 Å². The second-order valence-electron chi connectivity index (χ2n) is 4.78. The minimum Gasteiger partial charge on any atom is -0.334 e. The van der Waals surface area contributed by atoms with Crippen LogP contribution < -0.4 is 5.32 Å². The molecule has 1 aromatic carbocycles. The van der Waals surface area contributed by atoms with Gasteiger partial charge in [0.15, 0.2) is 5.82 Å². The number of benzene rings is 1. The number of likely N-dealkylation sites (N-methyl/N-ethyl adjacent to an activating group) is 1. The van der Waals surface area contributed by atoms with Crippen molar-refractivity contribution in [1.82, 2.24) is 20.4 Å². The lowest BCUT2D eigenvalue weighted by Crippen LogP contribution is -2.44. The third-order valence-corrected chi connectivity index (χ3v) is 3.73. The first kappa shape index (κ1) is 13.5. The van der Waals surface area contributed by atoms with Crippen LogP contribution in [0.1, 0.15) is 11.9 Å². The molecule has 0 amide bonds. The van der Waals surface area contributed by atoms with E-state index in [-0.39, 0.29) is 11.1 Å². The number of hydrogen-bond acceptors (Lipinski definition) is 5. The molecule has 1 N–H and O–H groups in total. The minimum absolute atomic E-state index is 0.0699. The van der Waals surface area contributed by atoms with Gasteiger partial charge in [0.1, 0.15) is 5.82 Å². The standard InChI is InChI=1S/C13H14ClFN4O/c1-19-5-4-16-7-11(19)12-17-13(20-18-12)9-3-2-8(15)6-10(9)14/h2-3,6,11,16H,4-5,7H2,1H3. The molecule has 106 valence electrons. The molecule has 0 radical (unpaired) electrons. The number of rotatable bonds is 2. The van der Waals surface area contributed by atoms with Gasteiger partial charge in [-0.3, -0.25) is 4.90 Å². The van der Waals surface area contributed by atoms with Gasteiger partial charge in [-0.1, -0.05) is 16.8 Å². The van der Waals surface area contributed by atoms with E-state index < -0.39 is 5.82 Å². The molecule has 1 aliphatic rings. The van der Waals surface area contributed by atoms with Crippen LogP contribution >= 0.6 is 11.6 Å². The van der Waals surface area contributed by atoms with Crippen LogP contribution in [0, 0.1) is 5.82 Å². The number of nitrogens with zero attached hydrogens (tertiary/aromatic N) is 3. The van der Waals surface area contributed by atoms with Crippen LogP contribution in [0.25, 0.3) is 11.5 Å². The Kier molecular flexibility index (Phi) is 3.69. The lowest BCUT2D eigenvalue weighted by atomic mass is 10.2. The van der Waals surface area contributed by atoms with Crippen LogP contribution in [0.2, 0.25) is 5.02 Å². The Morgan fingerprint density at radius 2 is 2.35 bits per heavy atom. The Labute approximate surface area is 120 Å². The smallest absolute Gasteiger partial charge is 0.259 e. The number of nitrogens with one attached hydrogen (secondary N) is 1. The summed E-state index contributed by atoms with van der Waals surface area (Å²) in [4.78, 5) is 6.54. The number of piperazine rings is 1. The summed E-state index contributed by atoms with van der Waals surface area (Å²) in [5.74, 6) is 0.522. The van der Waals surface area contributed by atoms with Crippen molar-refractivity contribution in [1.29, 1.82) is 0 Å². The summed E-state index contributed by atoms with van der Waals surface area (Å²) in [5.41, 5.74) is 0.540. The summed E-state index contributed by atoms with van der Waals surface area (Å²) in [6.07, 6.45) is 0. The van der Waals surface area contributed by atoms with Crippen LogP contribution in [0.4, 0.5) is 4.39 Å². The molecule has 20 heavy (non-hydrogen) atoms. The Morgan fingerprint density at radius 3 is 3.10 bits per heavy atom. The highest BCUT2D eigenvalue weighted by atomic mass is 35.5. The zero-order valence-electron chi connectivity index (χ0n) is 10.9. The molecule has 0 spiro atoms. The molecule has 1 unspecified atom stereocenters. The number of hydrogen-bond donors (Lipinski definition) is 1. The van der Waals surface area contributed by atoms with Gasteiger partial charge in [-0.05, 0) is 25.2 Å². The highest BCUT2D eigenvalue weighted by molar-refractivity contribution is 6.33. The SMILES string of the molecule is CN1CCNCC1c1noc(-c2ccc(F)cc2Cl)n1. The summed E-state index contributed by atoms with van der Waals surface area (Å²) in [6, 6.07) is 4.16. The first-order valence-electron chi connectivity index (χ1n) is 6.35. The zero-order valence-corrected chi connectivity index (χ0v) is 11.7. The Morgan fingerprint density at radius 1 is 1.50 bits per heavy atom. The van der Waals surface area contributed by atoms with Gasteiger partial charge < -0.3 is 9.84 Å². The highest BCUT2D eigenvalue weighted by Crippen LogP contribution is 2.28. The summed E-state index contributed by atoms with van der Waals surface area (Å²) >= 11 is 6.00. The van der Waals surface area contributed by atoms with E-state index in [1.165, 1.54) is 18.2 Å². The van der Waals surface area contributed by atoms with Crippen molar-refractivity contribution in [2.24, 2.45) is 0 Å². The molecule has 7 heteroatoms. The molecule has 2 aromatic rings. The molecule has 1 aliphatic heterocycles. The molecule has 0 aliphatic carbocycles. The van der Waals surface area contributed by atoms with Crippen molar-refractivity contribution in [3.8, 4) is 11.5 Å². The third kappa shape index (κ3) is 2.54. The van der Waals surface area contributed by atoms with Crippen molar-refractivity contribution in [3.63, 3.8) is 0 Å². The highest BCUT2D eigenvalue weighted by Gasteiger charge is 2.25.